The Bertz CT molecular complexity index is 620. The lowest BCUT2D eigenvalue weighted by Crippen LogP contribution is -2.46. The van der Waals surface area contributed by atoms with Crippen LogP contribution >= 0.6 is 0 Å². The molecule has 104 valence electrons. The summed E-state index contributed by atoms with van der Waals surface area (Å²) in [6.45, 7) is 5.02. The molecule has 1 atom stereocenters. The Morgan fingerprint density at radius 3 is 3.00 bits per heavy atom. The second-order valence-electron chi connectivity index (χ2n) is 5.02. The molecule has 0 amide bonds. The van der Waals surface area contributed by atoms with Crippen LogP contribution in [0.4, 0.5) is 0 Å². The number of hydrogen-bond acceptors (Lipinski definition) is 4. The van der Waals surface area contributed by atoms with Crippen molar-refractivity contribution in [2.45, 2.75) is 25.8 Å². The number of nitrogens with one attached hydrogen (secondary N) is 1. The predicted molar refractivity (Wildman–Crippen MR) is 79.5 cm³/mol. The van der Waals surface area contributed by atoms with Gasteiger partial charge in [-0.3, -0.25) is 10.3 Å². The quantitative estimate of drug-likeness (QED) is 0.876. The minimum absolute atomic E-state index is 0.307. The first kappa shape index (κ1) is 14.3. The summed E-state index contributed by atoms with van der Waals surface area (Å²) in [5.74, 6) is 0.732. The first-order valence-corrected chi connectivity index (χ1v) is 6.81. The molecule has 0 fully saturated rings. The Labute approximate surface area is 119 Å². The summed E-state index contributed by atoms with van der Waals surface area (Å²) in [4.78, 5) is 4.30. The van der Waals surface area contributed by atoms with Gasteiger partial charge in [0.2, 0.25) is 0 Å². The van der Waals surface area contributed by atoms with Gasteiger partial charge in [0.25, 0.3) is 0 Å². The van der Waals surface area contributed by atoms with Crippen molar-refractivity contribution in [1.29, 1.82) is 5.26 Å². The van der Waals surface area contributed by atoms with Crippen LogP contribution < -0.4 is 10.1 Å². The van der Waals surface area contributed by atoms with Gasteiger partial charge in [0.15, 0.2) is 0 Å². The van der Waals surface area contributed by atoms with Gasteiger partial charge in [-0.1, -0.05) is 13.0 Å². The summed E-state index contributed by atoms with van der Waals surface area (Å²) in [6.07, 6.45) is 2.74. The van der Waals surface area contributed by atoms with Crippen molar-refractivity contribution < 1.29 is 4.74 Å². The zero-order valence-corrected chi connectivity index (χ0v) is 11.9. The molecule has 0 aliphatic heterocycles. The Balaban J connectivity index is 2.06. The molecule has 0 saturated heterocycles. The molecular weight excluding hydrogens is 250 g/mol. The molecule has 0 aliphatic carbocycles. The van der Waals surface area contributed by atoms with E-state index < -0.39 is 5.54 Å². The van der Waals surface area contributed by atoms with E-state index >= 15 is 0 Å². The molecule has 1 heterocycles. The normalized spacial score (nSPS) is 13.7. The Morgan fingerprint density at radius 1 is 1.40 bits per heavy atom. The molecule has 1 aromatic heterocycles. The van der Waals surface area contributed by atoms with Gasteiger partial charge in [-0.05, 0) is 38.1 Å². The molecule has 0 bridgehead atoms. The summed E-state index contributed by atoms with van der Waals surface area (Å²) in [5, 5.41) is 13.5. The van der Waals surface area contributed by atoms with Gasteiger partial charge in [0, 0.05) is 17.6 Å². The minimum atomic E-state index is -0.672. The highest BCUT2D eigenvalue weighted by Crippen LogP contribution is 2.19. The number of fused-ring (bicyclic) bond motifs is 1. The molecule has 2 rings (SSSR count). The number of hydrogen-bond donors (Lipinski definition) is 1. The lowest BCUT2D eigenvalue weighted by atomic mass is 10.1. The molecule has 0 radical (unpaired) electrons. The molecule has 4 nitrogen and oxygen atoms in total. The van der Waals surface area contributed by atoms with Crippen molar-refractivity contribution >= 4 is 10.9 Å². The highest BCUT2D eigenvalue weighted by molar-refractivity contribution is 5.79. The van der Waals surface area contributed by atoms with E-state index in [0.29, 0.717) is 6.61 Å². The Hall–Kier alpha value is -2.12. The van der Waals surface area contributed by atoms with Crippen molar-refractivity contribution in [2.24, 2.45) is 0 Å². The molecule has 0 saturated carbocycles. The second-order valence-corrected chi connectivity index (χ2v) is 5.02. The SMILES string of the molecule is CCCNC(C)(C#N)COc1ccc2cccnc2c1. The topological polar surface area (TPSA) is 57.9 Å². The van der Waals surface area contributed by atoms with E-state index in [2.05, 4.69) is 23.3 Å². The number of ether oxygens (including phenoxy) is 1. The van der Waals surface area contributed by atoms with Crippen LogP contribution in [0, 0.1) is 11.3 Å². The zero-order chi connectivity index (χ0) is 14.4. The van der Waals surface area contributed by atoms with Gasteiger partial charge in [-0.15, -0.1) is 0 Å². The molecule has 0 aliphatic rings. The van der Waals surface area contributed by atoms with Crippen molar-refractivity contribution in [3.05, 3.63) is 36.5 Å². The lowest BCUT2D eigenvalue weighted by Gasteiger charge is -2.23. The van der Waals surface area contributed by atoms with Gasteiger partial charge in [-0.25, -0.2) is 0 Å². The summed E-state index contributed by atoms with van der Waals surface area (Å²) < 4.78 is 5.74. The zero-order valence-electron chi connectivity index (χ0n) is 11.9. The minimum Gasteiger partial charge on any atom is -0.490 e. The Kier molecular flexibility index (Phi) is 4.54. The molecule has 2 aromatic rings. The highest BCUT2D eigenvalue weighted by Gasteiger charge is 2.23. The number of aromatic nitrogens is 1. The van der Waals surface area contributed by atoms with Crippen LogP contribution in [-0.2, 0) is 0 Å². The lowest BCUT2D eigenvalue weighted by molar-refractivity contribution is 0.234. The molecule has 0 spiro atoms. The van der Waals surface area contributed by atoms with Crippen LogP contribution in [0.5, 0.6) is 5.75 Å². The van der Waals surface area contributed by atoms with Gasteiger partial charge in [0.1, 0.15) is 17.9 Å². The van der Waals surface area contributed by atoms with Gasteiger partial charge < -0.3 is 4.74 Å². The standard InChI is InChI=1S/C16H19N3O/c1-3-8-19-16(2,11-17)12-20-14-7-6-13-5-4-9-18-15(13)10-14/h4-7,9-10,19H,3,8,12H2,1-2H3. The smallest absolute Gasteiger partial charge is 0.138 e. The monoisotopic (exact) mass is 269 g/mol. The Morgan fingerprint density at radius 2 is 2.25 bits per heavy atom. The van der Waals surface area contributed by atoms with Crippen LogP contribution in [0.15, 0.2) is 36.5 Å². The summed E-state index contributed by atoms with van der Waals surface area (Å²) >= 11 is 0. The molecule has 1 unspecified atom stereocenters. The first-order chi connectivity index (χ1) is 9.67. The maximum Gasteiger partial charge on any atom is 0.138 e. The average molecular weight is 269 g/mol. The maximum atomic E-state index is 9.26. The molecule has 1 aromatic carbocycles. The summed E-state index contributed by atoms with van der Waals surface area (Å²) in [6, 6.07) is 12.0. The number of rotatable bonds is 6. The third-order valence-corrected chi connectivity index (χ3v) is 3.12. The van der Waals surface area contributed by atoms with E-state index in [4.69, 9.17) is 4.74 Å². The van der Waals surface area contributed by atoms with Gasteiger partial charge in [0.05, 0.1) is 11.6 Å². The van der Waals surface area contributed by atoms with Gasteiger partial charge >= 0.3 is 0 Å². The largest absolute Gasteiger partial charge is 0.490 e. The summed E-state index contributed by atoms with van der Waals surface area (Å²) in [5.41, 5.74) is 0.222. The molecule has 1 N–H and O–H groups in total. The van der Waals surface area contributed by atoms with Crippen molar-refractivity contribution in [3.8, 4) is 11.8 Å². The van der Waals surface area contributed by atoms with Crippen LogP contribution in [0.1, 0.15) is 20.3 Å². The fourth-order valence-electron chi connectivity index (χ4n) is 1.89. The van der Waals surface area contributed by atoms with E-state index in [1.165, 1.54) is 0 Å². The summed E-state index contributed by atoms with van der Waals surface area (Å²) in [7, 11) is 0. The molecule has 4 heteroatoms. The van der Waals surface area contributed by atoms with Gasteiger partial charge in [-0.2, -0.15) is 5.26 Å². The predicted octanol–water partition coefficient (Wildman–Crippen LogP) is 2.90. The van der Waals surface area contributed by atoms with E-state index in [0.717, 1.165) is 29.6 Å². The third kappa shape index (κ3) is 3.46. The van der Waals surface area contributed by atoms with Crippen molar-refractivity contribution in [1.82, 2.24) is 10.3 Å². The average Bonchev–Trinajstić information content (AvgIpc) is 2.51. The second kappa shape index (κ2) is 6.36. The third-order valence-electron chi connectivity index (χ3n) is 3.12. The van der Waals surface area contributed by atoms with E-state index in [1.807, 2.05) is 37.3 Å². The number of nitriles is 1. The maximum absolute atomic E-state index is 9.26. The van der Waals surface area contributed by atoms with Crippen LogP contribution in [0.3, 0.4) is 0 Å². The van der Waals surface area contributed by atoms with E-state index in [-0.39, 0.29) is 0 Å². The highest BCUT2D eigenvalue weighted by atomic mass is 16.5. The van der Waals surface area contributed by atoms with Crippen LogP contribution in [0.25, 0.3) is 10.9 Å². The van der Waals surface area contributed by atoms with E-state index in [1.54, 1.807) is 6.20 Å². The first-order valence-electron chi connectivity index (χ1n) is 6.81. The van der Waals surface area contributed by atoms with Crippen LogP contribution in [-0.4, -0.2) is 23.7 Å². The van der Waals surface area contributed by atoms with Crippen molar-refractivity contribution in [3.63, 3.8) is 0 Å². The number of pyridine rings is 1. The molecule has 20 heavy (non-hydrogen) atoms. The number of benzene rings is 1. The molecular formula is C16H19N3O. The van der Waals surface area contributed by atoms with Crippen molar-refractivity contribution in [2.75, 3.05) is 13.2 Å². The fourth-order valence-corrected chi connectivity index (χ4v) is 1.89. The van der Waals surface area contributed by atoms with Crippen LogP contribution in [0.2, 0.25) is 0 Å². The number of nitrogens with zero attached hydrogens (tertiary/aromatic N) is 2. The van der Waals surface area contributed by atoms with E-state index in [9.17, 15) is 5.26 Å². The fraction of sp³-hybridized carbons (Fsp3) is 0.375.